The topological polar surface area (TPSA) is 64.6 Å². The number of amides is 1. The summed E-state index contributed by atoms with van der Waals surface area (Å²) < 4.78 is 11.0. The number of hydrogen-bond donors (Lipinski definition) is 1. The van der Waals surface area contributed by atoms with Gasteiger partial charge in [-0.1, -0.05) is 6.92 Å². The van der Waals surface area contributed by atoms with E-state index in [2.05, 4.69) is 26.5 Å². The Bertz CT molecular complexity index is 389. The predicted octanol–water partition coefficient (Wildman–Crippen LogP) is 1.83. The molecule has 0 saturated carbocycles. The first-order valence-corrected chi connectivity index (χ1v) is 8.78. The van der Waals surface area contributed by atoms with Crippen LogP contribution in [-0.2, 0) is 19.1 Å². The second kappa shape index (κ2) is 10.7. The smallest absolute Gasteiger partial charge is 0.311 e. The Kier molecular flexibility index (Phi) is 10.2. The van der Waals surface area contributed by atoms with Crippen LogP contribution < -0.4 is 5.32 Å². The van der Waals surface area contributed by atoms with Gasteiger partial charge in [-0.15, -0.1) is 0 Å². The first-order valence-electron chi connectivity index (χ1n) is 8.78. The molecule has 1 N–H and O–H groups in total. The molecule has 6 heteroatoms. The second-order valence-electron chi connectivity index (χ2n) is 7.98. The van der Waals surface area contributed by atoms with Crippen molar-refractivity contribution in [2.75, 3.05) is 54.6 Å². The molecule has 0 aliphatic rings. The van der Waals surface area contributed by atoms with Crippen LogP contribution in [0.5, 0.6) is 0 Å². The lowest BCUT2D eigenvalue weighted by atomic mass is 9.81. The predicted molar refractivity (Wildman–Crippen MR) is 95.5 cm³/mol. The highest BCUT2D eigenvalue weighted by molar-refractivity contribution is 5.81. The van der Waals surface area contributed by atoms with E-state index in [9.17, 15) is 9.59 Å². The van der Waals surface area contributed by atoms with Gasteiger partial charge in [0.2, 0.25) is 5.91 Å². The summed E-state index contributed by atoms with van der Waals surface area (Å²) in [6, 6.07) is 0. The molecule has 0 bridgehead atoms. The molecule has 1 unspecified atom stereocenters. The van der Waals surface area contributed by atoms with Gasteiger partial charge >= 0.3 is 5.97 Å². The van der Waals surface area contributed by atoms with Crippen LogP contribution in [0.25, 0.3) is 0 Å². The van der Waals surface area contributed by atoms with E-state index in [1.807, 2.05) is 20.8 Å². The van der Waals surface area contributed by atoms with Gasteiger partial charge in [-0.05, 0) is 26.7 Å². The number of nitrogens with one attached hydrogen (secondary N) is 1. The monoisotopic (exact) mass is 345 g/mol. The van der Waals surface area contributed by atoms with Crippen molar-refractivity contribution in [2.45, 2.75) is 40.0 Å². The molecule has 0 aliphatic heterocycles. The van der Waals surface area contributed by atoms with Gasteiger partial charge in [0.05, 0.1) is 39.7 Å². The highest BCUT2D eigenvalue weighted by Crippen LogP contribution is 2.29. The fourth-order valence-corrected chi connectivity index (χ4v) is 2.44. The largest absolute Gasteiger partial charge is 0.463 e. The number of rotatable bonds is 12. The lowest BCUT2D eigenvalue weighted by Crippen LogP contribution is -2.39. The SMILES string of the molecule is CCC(CC(C)(C)C(=O)OCCOC)C(=O)NCCC[N+](C)(C)C. The molecule has 0 aromatic rings. The number of quaternary nitrogens is 1. The number of carbonyl (C=O) groups excluding carboxylic acids is 2. The van der Waals surface area contributed by atoms with Gasteiger partial charge in [0.15, 0.2) is 0 Å². The molecule has 6 nitrogen and oxygen atoms in total. The molecule has 24 heavy (non-hydrogen) atoms. The van der Waals surface area contributed by atoms with Gasteiger partial charge in [-0.2, -0.15) is 0 Å². The minimum Gasteiger partial charge on any atom is -0.463 e. The van der Waals surface area contributed by atoms with Crippen molar-refractivity contribution in [3.8, 4) is 0 Å². The van der Waals surface area contributed by atoms with E-state index in [1.165, 1.54) is 0 Å². The van der Waals surface area contributed by atoms with Gasteiger partial charge in [-0.3, -0.25) is 9.59 Å². The molecular formula is C18H37N2O4+. The molecule has 1 amide bonds. The zero-order chi connectivity index (χ0) is 18.8. The number of carbonyl (C=O) groups is 2. The first kappa shape index (κ1) is 22.9. The zero-order valence-corrected chi connectivity index (χ0v) is 16.6. The van der Waals surface area contributed by atoms with Crippen LogP contribution in [0, 0.1) is 11.3 Å². The standard InChI is InChI=1S/C18H36N2O4/c1-8-15(16(21)19-10-9-11-20(4,5)6)14-18(2,3)17(22)24-13-12-23-7/h15H,8-14H2,1-7H3/p+1. The summed E-state index contributed by atoms with van der Waals surface area (Å²) >= 11 is 0. The lowest BCUT2D eigenvalue weighted by Gasteiger charge is -2.27. The van der Waals surface area contributed by atoms with E-state index >= 15 is 0 Å². The van der Waals surface area contributed by atoms with Gasteiger partial charge in [0.1, 0.15) is 6.61 Å². The Morgan fingerprint density at radius 2 is 1.79 bits per heavy atom. The third-order valence-corrected chi connectivity index (χ3v) is 4.00. The fourth-order valence-electron chi connectivity index (χ4n) is 2.44. The molecule has 0 heterocycles. The van der Waals surface area contributed by atoms with Gasteiger partial charge in [0.25, 0.3) is 0 Å². The first-order chi connectivity index (χ1) is 11.0. The maximum atomic E-state index is 12.4. The van der Waals surface area contributed by atoms with Crippen LogP contribution in [0.1, 0.15) is 40.0 Å². The van der Waals surface area contributed by atoms with Gasteiger partial charge in [-0.25, -0.2) is 0 Å². The van der Waals surface area contributed by atoms with Gasteiger partial charge in [0, 0.05) is 26.0 Å². The normalized spacial score (nSPS) is 13.5. The fraction of sp³-hybridized carbons (Fsp3) is 0.889. The molecule has 0 rings (SSSR count). The third-order valence-electron chi connectivity index (χ3n) is 4.00. The quantitative estimate of drug-likeness (QED) is 0.333. The van der Waals surface area contributed by atoms with E-state index in [0.29, 0.717) is 26.0 Å². The van der Waals surface area contributed by atoms with Crippen LogP contribution in [0.15, 0.2) is 0 Å². The van der Waals surface area contributed by atoms with E-state index < -0.39 is 5.41 Å². The van der Waals surface area contributed by atoms with Gasteiger partial charge < -0.3 is 19.3 Å². The van der Waals surface area contributed by atoms with Crippen molar-refractivity contribution in [2.24, 2.45) is 11.3 Å². The molecule has 0 spiro atoms. The number of methoxy groups -OCH3 is 1. The molecule has 0 radical (unpaired) electrons. The minimum absolute atomic E-state index is 0.0247. The van der Waals surface area contributed by atoms with Crippen LogP contribution in [0.4, 0.5) is 0 Å². The third kappa shape index (κ3) is 9.88. The van der Waals surface area contributed by atoms with Crippen LogP contribution >= 0.6 is 0 Å². The van der Waals surface area contributed by atoms with Crippen molar-refractivity contribution < 1.29 is 23.5 Å². The zero-order valence-electron chi connectivity index (χ0n) is 16.6. The summed E-state index contributed by atoms with van der Waals surface area (Å²) in [7, 11) is 7.96. The maximum Gasteiger partial charge on any atom is 0.311 e. The summed E-state index contributed by atoms with van der Waals surface area (Å²) in [4.78, 5) is 24.5. The Morgan fingerprint density at radius 3 is 2.29 bits per heavy atom. The van der Waals surface area contributed by atoms with Crippen molar-refractivity contribution in [1.82, 2.24) is 5.32 Å². The molecular weight excluding hydrogens is 308 g/mol. The van der Waals surface area contributed by atoms with Crippen LogP contribution in [-0.4, -0.2) is 70.9 Å². The Balaban J connectivity index is 4.40. The minimum atomic E-state index is -0.686. The molecule has 142 valence electrons. The average molecular weight is 346 g/mol. The number of nitrogens with zero attached hydrogens (tertiary/aromatic N) is 1. The van der Waals surface area contributed by atoms with Crippen LogP contribution in [0.2, 0.25) is 0 Å². The van der Waals surface area contributed by atoms with Crippen molar-refractivity contribution in [3.63, 3.8) is 0 Å². The average Bonchev–Trinajstić information content (AvgIpc) is 2.48. The second-order valence-corrected chi connectivity index (χ2v) is 7.98. The molecule has 1 atom stereocenters. The molecule has 0 aromatic carbocycles. The summed E-state index contributed by atoms with van der Waals surface area (Å²) in [5, 5.41) is 3.00. The molecule has 0 aliphatic carbocycles. The summed E-state index contributed by atoms with van der Waals surface area (Å²) in [5.74, 6) is -0.438. The Labute approximate surface area is 147 Å². The lowest BCUT2D eigenvalue weighted by molar-refractivity contribution is -0.870. The maximum absolute atomic E-state index is 12.4. The molecule has 0 aromatic heterocycles. The molecule has 0 saturated heterocycles. The van der Waals surface area contributed by atoms with E-state index in [0.717, 1.165) is 17.4 Å². The summed E-state index contributed by atoms with van der Waals surface area (Å²) in [6.07, 6.45) is 2.13. The van der Waals surface area contributed by atoms with E-state index in [4.69, 9.17) is 9.47 Å². The Morgan fingerprint density at radius 1 is 1.17 bits per heavy atom. The Hall–Kier alpha value is -1.14. The van der Waals surface area contributed by atoms with Crippen molar-refractivity contribution >= 4 is 11.9 Å². The molecule has 0 fully saturated rings. The van der Waals surface area contributed by atoms with Crippen molar-refractivity contribution in [1.29, 1.82) is 0 Å². The van der Waals surface area contributed by atoms with Crippen molar-refractivity contribution in [3.05, 3.63) is 0 Å². The van der Waals surface area contributed by atoms with E-state index in [-0.39, 0.29) is 24.4 Å². The number of hydrogen-bond acceptors (Lipinski definition) is 4. The highest BCUT2D eigenvalue weighted by Gasteiger charge is 2.34. The van der Waals surface area contributed by atoms with Crippen LogP contribution in [0.3, 0.4) is 0 Å². The highest BCUT2D eigenvalue weighted by atomic mass is 16.6. The number of ether oxygens (including phenoxy) is 2. The van der Waals surface area contributed by atoms with E-state index in [1.54, 1.807) is 7.11 Å². The summed E-state index contributed by atoms with van der Waals surface area (Å²) in [5.41, 5.74) is -0.686. The summed E-state index contributed by atoms with van der Waals surface area (Å²) in [6.45, 7) is 7.93. The number of esters is 1.